The van der Waals surface area contributed by atoms with E-state index in [0.717, 1.165) is 12.1 Å². The predicted octanol–water partition coefficient (Wildman–Crippen LogP) is 1.79. The Morgan fingerprint density at radius 2 is 1.94 bits per heavy atom. The third kappa shape index (κ3) is 2.69. The quantitative estimate of drug-likeness (QED) is 0.796. The van der Waals surface area contributed by atoms with Crippen LogP contribution in [-0.4, -0.2) is 18.5 Å². The van der Waals surface area contributed by atoms with E-state index < -0.39 is 17.5 Å². The molecule has 0 radical (unpaired) electrons. The molecule has 17 heavy (non-hydrogen) atoms. The highest BCUT2D eigenvalue weighted by molar-refractivity contribution is 5.78. The molecule has 6 heteroatoms. The fourth-order valence-corrected chi connectivity index (χ4v) is 1.73. The molecule has 2 rings (SSSR count). The minimum absolute atomic E-state index is 0.0340. The molecule has 2 N–H and O–H groups in total. The Morgan fingerprint density at radius 1 is 1.29 bits per heavy atom. The third-order valence-corrected chi connectivity index (χ3v) is 2.62. The number of carbonyl (C=O) groups is 1. The van der Waals surface area contributed by atoms with Crippen LogP contribution < -0.4 is 10.6 Å². The van der Waals surface area contributed by atoms with Gasteiger partial charge in [0.25, 0.3) is 0 Å². The van der Waals surface area contributed by atoms with Crippen molar-refractivity contribution in [3.05, 3.63) is 29.6 Å². The summed E-state index contributed by atoms with van der Waals surface area (Å²) < 4.78 is 38.4. The average molecular weight is 244 g/mol. The van der Waals surface area contributed by atoms with Crippen molar-refractivity contribution in [1.82, 2.24) is 5.32 Å². The number of amides is 1. The molecule has 0 spiro atoms. The van der Waals surface area contributed by atoms with E-state index in [0.29, 0.717) is 19.4 Å². The lowest BCUT2D eigenvalue weighted by Gasteiger charge is -2.12. The van der Waals surface area contributed by atoms with E-state index in [1.165, 1.54) is 0 Å². The number of hydrogen-bond donors (Lipinski definition) is 2. The molecular formula is C11H11F3N2O. The van der Waals surface area contributed by atoms with Crippen LogP contribution in [0, 0.1) is 17.5 Å². The van der Waals surface area contributed by atoms with Crippen molar-refractivity contribution in [2.24, 2.45) is 0 Å². The Kier molecular flexibility index (Phi) is 3.21. The number of anilines is 1. The summed E-state index contributed by atoms with van der Waals surface area (Å²) in [5.74, 6) is -3.98. The van der Waals surface area contributed by atoms with E-state index in [-0.39, 0.29) is 17.6 Å². The molecule has 1 aromatic carbocycles. The summed E-state index contributed by atoms with van der Waals surface area (Å²) in [6, 6.07) is 1.71. The van der Waals surface area contributed by atoms with Crippen molar-refractivity contribution in [3.63, 3.8) is 0 Å². The Balaban J connectivity index is 1.97. The number of rotatable bonds is 3. The molecule has 0 aromatic heterocycles. The zero-order valence-corrected chi connectivity index (χ0v) is 8.90. The number of benzene rings is 1. The van der Waals surface area contributed by atoms with Crippen LogP contribution in [0.2, 0.25) is 0 Å². The third-order valence-electron chi connectivity index (χ3n) is 2.62. The smallest absolute Gasteiger partial charge is 0.220 e. The van der Waals surface area contributed by atoms with Crippen LogP contribution in [0.4, 0.5) is 18.9 Å². The molecule has 1 aromatic rings. The molecule has 3 nitrogen and oxygen atoms in total. The van der Waals surface area contributed by atoms with E-state index in [1.54, 1.807) is 0 Å². The minimum Gasteiger partial charge on any atom is -0.383 e. The van der Waals surface area contributed by atoms with E-state index >= 15 is 0 Å². The van der Waals surface area contributed by atoms with Gasteiger partial charge in [-0.15, -0.1) is 0 Å². The van der Waals surface area contributed by atoms with Crippen molar-refractivity contribution < 1.29 is 18.0 Å². The van der Waals surface area contributed by atoms with Gasteiger partial charge in [0.15, 0.2) is 17.5 Å². The molecule has 1 aliphatic heterocycles. The molecule has 1 unspecified atom stereocenters. The van der Waals surface area contributed by atoms with Gasteiger partial charge in [-0.2, -0.15) is 0 Å². The molecule has 0 saturated carbocycles. The fraction of sp³-hybridized carbons (Fsp3) is 0.364. The van der Waals surface area contributed by atoms with Gasteiger partial charge in [0, 0.05) is 36.8 Å². The van der Waals surface area contributed by atoms with Crippen LogP contribution in [0.1, 0.15) is 12.8 Å². The highest BCUT2D eigenvalue weighted by atomic mass is 19.2. The molecule has 0 bridgehead atoms. The molecular weight excluding hydrogens is 233 g/mol. The topological polar surface area (TPSA) is 41.1 Å². The lowest BCUT2D eigenvalue weighted by Crippen LogP contribution is -2.31. The monoisotopic (exact) mass is 244 g/mol. The summed E-state index contributed by atoms with van der Waals surface area (Å²) in [5.41, 5.74) is 0.155. The number of halogens is 3. The summed E-state index contributed by atoms with van der Waals surface area (Å²) in [6.45, 7) is 0.357. The first-order valence-corrected chi connectivity index (χ1v) is 5.24. The number of carbonyl (C=O) groups excluding carboxylic acids is 1. The van der Waals surface area contributed by atoms with Gasteiger partial charge in [-0.1, -0.05) is 0 Å². The SMILES string of the molecule is O=C1CCC(CNc2cc(F)c(F)c(F)c2)N1. The largest absolute Gasteiger partial charge is 0.383 e. The van der Waals surface area contributed by atoms with Gasteiger partial charge in [0.05, 0.1) is 0 Å². The van der Waals surface area contributed by atoms with Crippen molar-refractivity contribution in [2.45, 2.75) is 18.9 Å². The highest BCUT2D eigenvalue weighted by Gasteiger charge is 2.20. The minimum atomic E-state index is -1.48. The predicted molar refractivity (Wildman–Crippen MR) is 56.0 cm³/mol. The summed E-state index contributed by atoms with van der Waals surface area (Å²) in [5, 5.41) is 5.46. The lowest BCUT2D eigenvalue weighted by molar-refractivity contribution is -0.119. The zero-order valence-electron chi connectivity index (χ0n) is 8.90. The van der Waals surface area contributed by atoms with Crippen LogP contribution in [-0.2, 0) is 4.79 Å². The molecule has 1 fully saturated rings. The van der Waals surface area contributed by atoms with Crippen LogP contribution in [0.15, 0.2) is 12.1 Å². The van der Waals surface area contributed by atoms with Gasteiger partial charge >= 0.3 is 0 Å². The van der Waals surface area contributed by atoms with Crippen molar-refractivity contribution >= 4 is 11.6 Å². The molecule has 92 valence electrons. The Morgan fingerprint density at radius 3 is 2.47 bits per heavy atom. The van der Waals surface area contributed by atoms with Crippen LogP contribution >= 0.6 is 0 Å². The van der Waals surface area contributed by atoms with Gasteiger partial charge in [0.1, 0.15) is 0 Å². The first kappa shape index (κ1) is 11.8. The van der Waals surface area contributed by atoms with Gasteiger partial charge in [-0.3, -0.25) is 4.79 Å². The standard InChI is InChI=1S/C11H11F3N2O/c12-8-3-7(4-9(13)11(8)14)15-5-6-1-2-10(17)16-6/h3-4,6,15H,1-2,5H2,(H,16,17). The van der Waals surface area contributed by atoms with Crippen LogP contribution in [0.5, 0.6) is 0 Å². The molecule has 0 aliphatic carbocycles. The fourth-order valence-electron chi connectivity index (χ4n) is 1.73. The highest BCUT2D eigenvalue weighted by Crippen LogP contribution is 2.17. The van der Waals surface area contributed by atoms with Crippen molar-refractivity contribution in [2.75, 3.05) is 11.9 Å². The summed E-state index contributed by atoms with van der Waals surface area (Å²) >= 11 is 0. The van der Waals surface area contributed by atoms with Gasteiger partial charge < -0.3 is 10.6 Å². The summed E-state index contributed by atoms with van der Waals surface area (Å²) in [6.07, 6.45) is 1.14. The van der Waals surface area contributed by atoms with E-state index in [9.17, 15) is 18.0 Å². The van der Waals surface area contributed by atoms with E-state index in [1.807, 2.05) is 0 Å². The maximum absolute atomic E-state index is 12.9. The van der Waals surface area contributed by atoms with Crippen molar-refractivity contribution in [3.8, 4) is 0 Å². The molecule has 1 amide bonds. The first-order valence-electron chi connectivity index (χ1n) is 5.24. The van der Waals surface area contributed by atoms with E-state index in [2.05, 4.69) is 10.6 Å². The second-order valence-electron chi connectivity index (χ2n) is 3.94. The number of hydrogen-bond acceptors (Lipinski definition) is 2. The maximum atomic E-state index is 12.9. The zero-order chi connectivity index (χ0) is 12.4. The van der Waals surface area contributed by atoms with Crippen LogP contribution in [0.25, 0.3) is 0 Å². The second kappa shape index (κ2) is 4.65. The Hall–Kier alpha value is -1.72. The summed E-state index contributed by atoms with van der Waals surface area (Å²) in [7, 11) is 0. The maximum Gasteiger partial charge on any atom is 0.220 e. The van der Waals surface area contributed by atoms with Crippen LogP contribution in [0.3, 0.4) is 0 Å². The van der Waals surface area contributed by atoms with Crippen molar-refractivity contribution in [1.29, 1.82) is 0 Å². The Bertz CT molecular complexity index is 427. The summed E-state index contributed by atoms with van der Waals surface area (Å²) in [4.78, 5) is 10.9. The van der Waals surface area contributed by atoms with Gasteiger partial charge in [0.2, 0.25) is 5.91 Å². The van der Waals surface area contributed by atoms with Gasteiger partial charge in [-0.25, -0.2) is 13.2 Å². The normalized spacial score (nSPS) is 19.2. The molecule has 1 atom stereocenters. The molecule has 1 aliphatic rings. The van der Waals surface area contributed by atoms with E-state index in [4.69, 9.17) is 0 Å². The average Bonchev–Trinajstić information content (AvgIpc) is 2.69. The molecule has 1 saturated heterocycles. The number of nitrogens with one attached hydrogen (secondary N) is 2. The first-order chi connectivity index (χ1) is 8.06. The second-order valence-corrected chi connectivity index (χ2v) is 3.94. The molecule has 1 heterocycles. The van der Waals surface area contributed by atoms with Gasteiger partial charge in [-0.05, 0) is 6.42 Å². The Labute approximate surface area is 96.0 Å². The lowest BCUT2D eigenvalue weighted by atomic mass is 10.2.